The quantitative estimate of drug-likeness (QED) is 0.679. The normalized spacial score (nSPS) is 19.1. The van der Waals surface area contributed by atoms with Crippen molar-refractivity contribution in [2.45, 2.75) is 37.9 Å². The molecule has 0 spiro atoms. The molecule has 2 aromatic rings. The Morgan fingerprint density at radius 1 is 1.10 bits per heavy atom. The number of thioether (sulfide) groups is 1. The Hall–Kier alpha value is -3.00. The van der Waals surface area contributed by atoms with Gasteiger partial charge in [-0.05, 0) is 17.0 Å². The lowest BCUT2D eigenvalue weighted by Crippen LogP contribution is -2.54. The molecule has 1 unspecified atom stereocenters. The first-order valence-electron chi connectivity index (χ1n) is 10.1. The maximum Gasteiger partial charge on any atom is 0.408 e. The van der Waals surface area contributed by atoms with Gasteiger partial charge in [0, 0.05) is 5.75 Å². The summed E-state index contributed by atoms with van der Waals surface area (Å²) in [5.41, 5.74) is 1.68. The molecule has 2 amide bonds. The van der Waals surface area contributed by atoms with E-state index in [9.17, 15) is 19.5 Å². The van der Waals surface area contributed by atoms with Crippen LogP contribution in [0.2, 0.25) is 0 Å². The van der Waals surface area contributed by atoms with Gasteiger partial charge in [-0.1, -0.05) is 74.5 Å². The van der Waals surface area contributed by atoms with Gasteiger partial charge in [0.25, 0.3) is 0 Å². The van der Waals surface area contributed by atoms with Gasteiger partial charge in [0.1, 0.15) is 24.1 Å². The van der Waals surface area contributed by atoms with Crippen LogP contribution in [0.4, 0.5) is 4.79 Å². The molecule has 3 rings (SSSR count). The minimum absolute atomic E-state index is 0.0790. The number of aliphatic carboxylic acids is 1. The molecule has 2 aromatic carbocycles. The zero-order valence-corrected chi connectivity index (χ0v) is 18.2. The third-order valence-corrected chi connectivity index (χ3v) is 6.37. The lowest BCUT2D eigenvalue weighted by atomic mass is 10.0. The summed E-state index contributed by atoms with van der Waals surface area (Å²) in [6, 6.07) is 16.7. The van der Waals surface area contributed by atoms with Crippen molar-refractivity contribution in [3.63, 3.8) is 0 Å². The molecule has 1 fully saturated rings. The second kappa shape index (κ2) is 10.3. The molecular formula is C23H26N2O5S. The van der Waals surface area contributed by atoms with Crippen molar-refractivity contribution in [3.05, 3.63) is 71.8 Å². The van der Waals surface area contributed by atoms with E-state index in [0.29, 0.717) is 0 Å². The summed E-state index contributed by atoms with van der Waals surface area (Å²) < 4.78 is 5.26. The zero-order valence-electron chi connectivity index (χ0n) is 17.4. The third kappa shape index (κ3) is 5.58. The monoisotopic (exact) mass is 442 g/mol. The van der Waals surface area contributed by atoms with Crippen molar-refractivity contribution in [2.24, 2.45) is 5.92 Å². The van der Waals surface area contributed by atoms with Gasteiger partial charge in [-0.25, -0.2) is 9.59 Å². The standard InChI is InChI=1S/C23H26N2O5S/c1-15(2)19(24-23(29)30-13-16-9-5-3-6-10-16)20(26)25-18(22(27)28)14-31-21(25)17-11-7-4-8-12-17/h3-12,15,18-19,21H,13-14H2,1-2H3,(H,24,29)(H,27,28)/t18-,19-,21?/m0/s1. The van der Waals surface area contributed by atoms with E-state index in [4.69, 9.17) is 4.74 Å². The van der Waals surface area contributed by atoms with Crippen LogP contribution in [-0.4, -0.2) is 45.8 Å². The number of carbonyl (C=O) groups excluding carboxylic acids is 2. The molecule has 0 bridgehead atoms. The number of rotatable bonds is 7. The molecule has 1 aliphatic heterocycles. The lowest BCUT2D eigenvalue weighted by molar-refractivity contribution is -0.150. The molecule has 0 radical (unpaired) electrons. The molecule has 31 heavy (non-hydrogen) atoms. The van der Waals surface area contributed by atoms with Gasteiger partial charge in [0.15, 0.2) is 0 Å². The van der Waals surface area contributed by atoms with Crippen LogP contribution in [0.25, 0.3) is 0 Å². The summed E-state index contributed by atoms with van der Waals surface area (Å²) in [6.45, 7) is 3.68. The van der Waals surface area contributed by atoms with Crippen molar-refractivity contribution in [1.29, 1.82) is 0 Å². The fourth-order valence-corrected chi connectivity index (χ4v) is 4.83. The molecule has 1 saturated heterocycles. The Kier molecular flexibility index (Phi) is 7.57. The number of amides is 2. The number of alkyl carbamates (subject to hydrolysis) is 1. The average Bonchev–Trinajstić information content (AvgIpc) is 3.22. The summed E-state index contributed by atoms with van der Waals surface area (Å²) in [5, 5.41) is 11.9. The maximum absolute atomic E-state index is 13.5. The molecule has 3 atom stereocenters. The Labute approximate surface area is 185 Å². The first kappa shape index (κ1) is 22.7. The van der Waals surface area contributed by atoms with Crippen molar-refractivity contribution in [1.82, 2.24) is 10.2 Å². The molecule has 164 valence electrons. The highest BCUT2D eigenvalue weighted by Crippen LogP contribution is 2.42. The Bertz CT molecular complexity index is 907. The van der Waals surface area contributed by atoms with Gasteiger partial charge in [-0.2, -0.15) is 0 Å². The van der Waals surface area contributed by atoms with Crippen LogP contribution in [0, 0.1) is 5.92 Å². The topological polar surface area (TPSA) is 95.9 Å². The highest BCUT2D eigenvalue weighted by Gasteiger charge is 2.45. The number of nitrogens with zero attached hydrogens (tertiary/aromatic N) is 1. The van der Waals surface area contributed by atoms with E-state index in [2.05, 4.69) is 5.32 Å². The van der Waals surface area contributed by atoms with E-state index in [0.717, 1.165) is 11.1 Å². The number of carboxylic acids is 1. The highest BCUT2D eigenvalue weighted by molar-refractivity contribution is 7.99. The van der Waals surface area contributed by atoms with Crippen molar-refractivity contribution in [2.75, 3.05) is 5.75 Å². The van der Waals surface area contributed by atoms with Crippen LogP contribution in [0.15, 0.2) is 60.7 Å². The molecule has 7 nitrogen and oxygen atoms in total. The average molecular weight is 443 g/mol. The second-order valence-corrected chi connectivity index (χ2v) is 8.74. The minimum atomic E-state index is -1.06. The molecular weight excluding hydrogens is 416 g/mol. The number of hydrogen-bond donors (Lipinski definition) is 2. The highest BCUT2D eigenvalue weighted by atomic mass is 32.2. The number of ether oxygens (including phenoxy) is 1. The fraction of sp³-hybridized carbons (Fsp3) is 0.348. The minimum Gasteiger partial charge on any atom is -0.480 e. The number of carboxylic acid groups (broad SMARTS) is 1. The van der Waals surface area contributed by atoms with Crippen molar-refractivity contribution < 1.29 is 24.2 Å². The summed E-state index contributed by atoms with van der Waals surface area (Å²) in [7, 11) is 0. The van der Waals surface area contributed by atoms with Crippen LogP contribution in [0.3, 0.4) is 0 Å². The summed E-state index contributed by atoms with van der Waals surface area (Å²) in [5.74, 6) is -1.47. The van der Waals surface area contributed by atoms with E-state index in [1.165, 1.54) is 16.7 Å². The van der Waals surface area contributed by atoms with Gasteiger partial charge < -0.3 is 20.1 Å². The molecule has 0 saturated carbocycles. The molecule has 1 heterocycles. The van der Waals surface area contributed by atoms with E-state index in [-0.39, 0.29) is 18.3 Å². The number of benzene rings is 2. The van der Waals surface area contributed by atoms with E-state index < -0.39 is 35.4 Å². The van der Waals surface area contributed by atoms with E-state index >= 15 is 0 Å². The predicted octanol–water partition coefficient (Wildman–Crippen LogP) is 3.66. The summed E-state index contributed by atoms with van der Waals surface area (Å²) >= 11 is 1.40. The van der Waals surface area contributed by atoms with Crippen molar-refractivity contribution in [3.8, 4) is 0 Å². The third-order valence-electron chi connectivity index (χ3n) is 5.04. The largest absolute Gasteiger partial charge is 0.480 e. The van der Waals surface area contributed by atoms with Crippen LogP contribution in [0.5, 0.6) is 0 Å². The van der Waals surface area contributed by atoms with E-state index in [1.54, 1.807) is 13.8 Å². The smallest absolute Gasteiger partial charge is 0.408 e. The zero-order chi connectivity index (χ0) is 22.4. The van der Waals surface area contributed by atoms with Gasteiger partial charge >= 0.3 is 12.1 Å². The predicted molar refractivity (Wildman–Crippen MR) is 118 cm³/mol. The number of hydrogen-bond acceptors (Lipinski definition) is 5. The molecule has 1 aliphatic rings. The maximum atomic E-state index is 13.5. The molecule has 8 heteroatoms. The van der Waals surface area contributed by atoms with Crippen LogP contribution in [0.1, 0.15) is 30.3 Å². The number of carbonyl (C=O) groups is 3. The van der Waals surface area contributed by atoms with Gasteiger partial charge in [-0.3, -0.25) is 4.79 Å². The van der Waals surface area contributed by atoms with Gasteiger partial charge in [0.2, 0.25) is 5.91 Å². The SMILES string of the molecule is CC(C)[C@H](NC(=O)OCc1ccccc1)C(=O)N1C(c2ccccc2)SC[C@H]1C(=O)O. The Balaban J connectivity index is 1.76. The summed E-state index contributed by atoms with van der Waals surface area (Å²) in [4.78, 5) is 39.1. The van der Waals surface area contributed by atoms with Gasteiger partial charge in [-0.15, -0.1) is 11.8 Å². The van der Waals surface area contributed by atoms with E-state index in [1.807, 2.05) is 60.7 Å². The lowest BCUT2D eigenvalue weighted by Gasteiger charge is -2.32. The van der Waals surface area contributed by atoms with Crippen molar-refractivity contribution >= 4 is 29.7 Å². The first-order chi connectivity index (χ1) is 14.9. The molecule has 2 N–H and O–H groups in total. The van der Waals surface area contributed by atoms with Crippen LogP contribution < -0.4 is 5.32 Å². The van der Waals surface area contributed by atoms with Gasteiger partial charge in [0.05, 0.1) is 0 Å². The molecule has 0 aliphatic carbocycles. The Morgan fingerprint density at radius 3 is 2.29 bits per heavy atom. The van der Waals surface area contributed by atoms with Crippen LogP contribution in [-0.2, 0) is 20.9 Å². The van der Waals surface area contributed by atoms with Crippen LogP contribution >= 0.6 is 11.8 Å². The fourth-order valence-electron chi connectivity index (χ4n) is 3.41. The first-order valence-corrected chi connectivity index (χ1v) is 11.1. The molecule has 0 aromatic heterocycles. The number of nitrogens with one attached hydrogen (secondary N) is 1. The summed E-state index contributed by atoms with van der Waals surface area (Å²) in [6.07, 6.45) is -0.717. The Morgan fingerprint density at radius 2 is 1.71 bits per heavy atom. The second-order valence-electron chi connectivity index (χ2n) is 7.62.